The van der Waals surface area contributed by atoms with Gasteiger partial charge in [0.1, 0.15) is 12.0 Å². The monoisotopic (exact) mass is 275 g/mol. The number of H-pyrrole nitrogens is 1. The number of hydrogen-bond donors (Lipinski definition) is 1. The molecule has 0 atom stereocenters. The quantitative estimate of drug-likeness (QED) is 0.762. The first-order chi connectivity index (χ1) is 9.22. The van der Waals surface area contributed by atoms with Crippen LogP contribution in [0.4, 0.5) is 0 Å². The van der Waals surface area contributed by atoms with Crippen molar-refractivity contribution in [3.63, 3.8) is 0 Å². The lowest BCUT2D eigenvalue weighted by Gasteiger charge is -2.01. The van der Waals surface area contributed by atoms with Gasteiger partial charge in [-0.3, -0.25) is 14.5 Å². The van der Waals surface area contributed by atoms with Gasteiger partial charge in [0, 0.05) is 18.0 Å². The van der Waals surface area contributed by atoms with Crippen LogP contribution in [-0.2, 0) is 0 Å². The molecule has 0 fully saturated rings. The molecule has 0 aliphatic rings. The van der Waals surface area contributed by atoms with E-state index < -0.39 is 5.76 Å². The van der Waals surface area contributed by atoms with E-state index >= 15 is 0 Å². The van der Waals surface area contributed by atoms with Crippen molar-refractivity contribution in [1.82, 2.24) is 25.1 Å². The molecule has 0 saturated heterocycles. The van der Waals surface area contributed by atoms with E-state index in [0.29, 0.717) is 16.4 Å². The van der Waals surface area contributed by atoms with Crippen molar-refractivity contribution >= 4 is 11.6 Å². The maximum absolute atomic E-state index is 10.9. The summed E-state index contributed by atoms with van der Waals surface area (Å²) in [5.41, 5.74) is 1.79. The molecule has 3 aromatic heterocycles. The molecule has 0 spiro atoms. The second kappa shape index (κ2) is 4.62. The number of aromatic nitrogens is 5. The Bertz CT molecular complexity index is 782. The van der Waals surface area contributed by atoms with Crippen LogP contribution in [0, 0.1) is 0 Å². The Morgan fingerprint density at radius 3 is 2.74 bits per heavy atom. The van der Waals surface area contributed by atoms with Crippen molar-refractivity contribution < 1.29 is 4.52 Å². The first-order valence-corrected chi connectivity index (χ1v) is 5.59. The largest absolute Gasteiger partial charge is 0.439 e. The van der Waals surface area contributed by atoms with Crippen LogP contribution in [0.5, 0.6) is 0 Å². The highest BCUT2D eigenvalue weighted by atomic mass is 35.5. The van der Waals surface area contributed by atoms with Gasteiger partial charge in [0.2, 0.25) is 5.82 Å². The van der Waals surface area contributed by atoms with Crippen LogP contribution < -0.4 is 5.76 Å². The van der Waals surface area contributed by atoms with E-state index in [1.54, 1.807) is 18.3 Å². The Morgan fingerprint density at radius 1 is 1.16 bits per heavy atom. The van der Waals surface area contributed by atoms with Crippen molar-refractivity contribution in [1.29, 1.82) is 0 Å². The second-order valence-electron chi connectivity index (χ2n) is 3.62. The third kappa shape index (κ3) is 2.36. The first kappa shape index (κ1) is 11.5. The summed E-state index contributed by atoms with van der Waals surface area (Å²) < 4.78 is 4.43. The Hall–Kier alpha value is -2.54. The van der Waals surface area contributed by atoms with Gasteiger partial charge in [-0.1, -0.05) is 16.8 Å². The fourth-order valence-electron chi connectivity index (χ4n) is 1.54. The Balaban J connectivity index is 2.07. The minimum absolute atomic E-state index is 0.239. The molecule has 8 heteroatoms. The maximum Gasteiger partial charge on any atom is 0.439 e. The second-order valence-corrected chi connectivity index (χ2v) is 4.06. The molecule has 0 bridgehead atoms. The summed E-state index contributed by atoms with van der Waals surface area (Å²) in [6.45, 7) is 0. The fraction of sp³-hybridized carbons (Fsp3) is 0. The van der Waals surface area contributed by atoms with Crippen molar-refractivity contribution in [2.45, 2.75) is 0 Å². The number of aromatic amines is 1. The lowest BCUT2D eigenvalue weighted by Crippen LogP contribution is -1.96. The van der Waals surface area contributed by atoms with Crippen LogP contribution in [0.2, 0.25) is 5.02 Å². The molecule has 0 radical (unpaired) electrons. The topological polar surface area (TPSA) is 97.6 Å². The zero-order chi connectivity index (χ0) is 13.2. The molecule has 1 N–H and O–H groups in total. The average molecular weight is 276 g/mol. The number of pyridine rings is 1. The van der Waals surface area contributed by atoms with E-state index in [1.165, 1.54) is 12.5 Å². The van der Waals surface area contributed by atoms with Gasteiger partial charge in [0.05, 0.1) is 10.7 Å². The van der Waals surface area contributed by atoms with Gasteiger partial charge in [0.15, 0.2) is 0 Å². The minimum Gasteiger partial charge on any atom is -0.296 e. The zero-order valence-electron chi connectivity index (χ0n) is 9.37. The average Bonchev–Trinajstić information content (AvgIpc) is 2.86. The Kier molecular flexibility index (Phi) is 2.81. The van der Waals surface area contributed by atoms with Gasteiger partial charge in [-0.15, -0.1) is 0 Å². The number of hydrogen-bond acceptors (Lipinski definition) is 6. The fourth-order valence-corrected chi connectivity index (χ4v) is 1.71. The van der Waals surface area contributed by atoms with Crippen LogP contribution in [0.3, 0.4) is 0 Å². The van der Waals surface area contributed by atoms with Gasteiger partial charge in [0.25, 0.3) is 0 Å². The number of halogens is 1. The summed E-state index contributed by atoms with van der Waals surface area (Å²) in [7, 11) is 0. The van der Waals surface area contributed by atoms with Crippen molar-refractivity contribution in [2.75, 3.05) is 0 Å². The van der Waals surface area contributed by atoms with Crippen LogP contribution in [0.25, 0.3) is 22.8 Å². The molecule has 0 amide bonds. The molecule has 19 heavy (non-hydrogen) atoms. The van der Waals surface area contributed by atoms with E-state index in [4.69, 9.17) is 11.6 Å². The van der Waals surface area contributed by atoms with E-state index in [2.05, 4.69) is 29.6 Å². The van der Waals surface area contributed by atoms with Crippen LogP contribution >= 0.6 is 11.6 Å². The highest BCUT2D eigenvalue weighted by Gasteiger charge is 2.08. The zero-order valence-corrected chi connectivity index (χ0v) is 10.1. The predicted octanol–water partition coefficient (Wildman–Crippen LogP) is 1.54. The van der Waals surface area contributed by atoms with Crippen molar-refractivity contribution in [3.8, 4) is 22.8 Å². The van der Waals surface area contributed by atoms with Gasteiger partial charge < -0.3 is 0 Å². The molecule has 7 nitrogen and oxygen atoms in total. The molecule has 0 saturated carbocycles. The third-order valence-corrected chi connectivity index (χ3v) is 2.56. The van der Waals surface area contributed by atoms with Crippen molar-refractivity contribution in [3.05, 3.63) is 46.4 Å². The standard InChI is InChI=1S/C11H6ClN5O2/c12-7-1-6(3-13-4-7)8-2-9(15-5-14-8)10-16-11(18)19-17-10/h1-5H,(H,16,17,18). The lowest BCUT2D eigenvalue weighted by atomic mass is 10.2. The Labute approximate surface area is 111 Å². The third-order valence-electron chi connectivity index (χ3n) is 2.35. The van der Waals surface area contributed by atoms with Crippen LogP contribution in [0.1, 0.15) is 0 Å². The van der Waals surface area contributed by atoms with E-state index in [-0.39, 0.29) is 5.82 Å². The molecule has 0 aliphatic carbocycles. The lowest BCUT2D eigenvalue weighted by molar-refractivity contribution is 0.387. The smallest absolute Gasteiger partial charge is 0.296 e. The number of nitrogens with zero attached hydrogens (tertiary/aromatic N) is 4. The van der Waals surface area contributed by atoms with Gasteiger partial charge in [-0.2, -0.15) is 0 Å². The molecular formula is C11H6ClN5O2. The van der Waals surface area contributed by atoms with Crippen molar-refractivity contribution in [2.24, 2.45) is 0 Å². The number of rotatable bonds is 2. The molecule has 0 aliphatic heterocycles. The molecular weight excluding hydrogens is 270 g/mol. The highest BCUT2D eigenvalue weighted by Crippen LogP contribution is 2.21. The molecule has 94 valence electrons. The molecule has 3 heterocycles. The minimum atomic E-state index is -0.639. The predicted molar refractivity (Wildman–Crippen MR) is 66.4 cm³/mol. The number of nitrogens with one attached hydrogen (secondary N) is 1. The van der Waals surface area contributed by atoms with Crippen LogP contribution in [0.15, 0.2) is 40.2 Å². The van der Waals surface area contributed by atoms with Gasteiger partial charge >= 0.3 is 5.76 Å². The maximum atomic E-state index is 10.9. The Morgan fingerprint density at radius 2 is 2.00 bits per heavy atom. The summed E-state index contributed by atoms with van der Waals surface area (Å²) in [5.74, 6) is -0.400. The SMILES string of the molecule is O=c1[nH]c(-c2cc(-c3cncc(Cl)c3)ncn2)no1. The summed E-state index contributed by atoms with van der Waals surface area (Å²) in [6, 6.07) is 3.38. The summed E-state index contributed by atoms with van der Waals surface area (Å²) >= 11 is 5.87. The van der Waals surface area contributed by atoms with E-state index in [0.717, 1.165) is 5.56 Å². The summed E-state index contributed by atoms with van der Waals surface area (Å²) in [6.07, 6.45) is 4.52. The normalized spacial score (nSPS) is 10.6. The summed E-state index contributed by atoms with van der Waals surface area (Å²) in [5, 5.41) is 4.07. The molecule has 3 aromatic rings. The molecule has 3 rings (SSSR count). The molecule has 0 aromatic carbocycles. The van der Waals surface area contributed by atoms with Gasteiger partial charge in [-0.25, -0.2) is 14.8 Å². The molecule has 0 unspecified atom stereocenters. The van der Waals surface area contributed by atoms with Gasteiger partial charge in [-0.05, 0) is 12.1 Å². The van der Waals surface area contributed by atoms with E-state index in [9.17, 15) is 4.79 Å². The highest BCUT2D eigenvalue weighted by molar-refractivity contribution is 6.30. The van der Waals surface area contributed by atoms with Crippen LogP contribution in [-0.4, -0.2) is 25.1 Å². The summed E-state index contributed by atoms with van der Waals surface area (Å²) in [4.78, 5) is 25.4. The van der Waals surface area contributed by atoms with E-state index in [1.807, 2.05) is 0 Å². The first-order valence-electron chi connectivity index (χ1n) is 5.22.